The maximum absolute atomic E-state index is 12.0. The predicted octanol–water partition coefficient (Wildman–Crippen LogP) is 0.666. The molecule has 2 aliphatic rings. The highest BCUT2D eigenvalue weighted by atomic mass is 16.5. The van der Waals surface area contributed by atoms with Crippen LogP contribution in [0, 0.1) is 17.3 Å². The van der Waals surface area contributed by atoms with Gasteiger partial charge in [-0.25, -0.2) is 0 Å². The maximum Gasteiger partial charge on any atom is 0.315 e. The lowest BCUT2D eigenvalue weighted by atomic mass is 9.61. The van der Waals surface area contributed by atoms with Gasteiger partial charge in [0.05, 0.1) is 31.7 Å². The zero-order valence-electron chi connectivity index (χ0n) is 10.6. The number of fused-ring (bicyclic) bond motifs is 2. The highest BCUT2D eigenvalue weighted by molar-refractivity contribution is 5.82. The molecule has 0 amide bonds. The molecule has 100 valence electrons. The van der Waals surface area contributed by atoms with Crippen LogP contribution in [0.5, 0.6) is 0 Å². The minimum atomic E-state index is -0.782. The quantitative estimate of drug-likeness (QED) is 0.579. The molecule has 0 aliphatic heterocycles. The van der Waals surface area contributed by atoms with Crippen LogP contribution in [0.25, 0.3) is 0 Å². The molecule has 18 heavy (non-hydrogen) atoms. The van der Waals surface area contributed by atoms with E-state index in [-0.39, 0.29) is 23.8 Å². The van der Waals surface area contributed by atoms with Gasteiger partial charge in [-0.2, -0.15) is 0 Å². The molecule has 0 aromatic carbocycles. The van der Waals surface area contributed by atoms with Gasteiger partial charge in [-0.3, -0.25) is 9.59 Å². The number of ether oxygens (including phenoxy) is 2. The first-order chi connectivity index (χ1) is 8.52. The Kier molecular flexibility index (Phi) is 3.43. The number of aliphatic hydroxyl groups excluding tert-OH is 1. The fourth-order valence-corrected chi connectivity index (χ4v) is 3.14. The molecule has 1 N–H and O–H groups in total. The summed E-state index contributed by atoms with van der Waals surface area (Å²) in [6.45, 7) is 0. The van der Waals surface area contributed by atoms with E-state index in [1.807, 2.05) is 0 Å². The van der Waals surface area contributed by atoms with E-state index in [0.29, 0.717) is 19.3 Å². The Morgan fingerprint density at radius 1 is 1.28 bits per heavy atom. The van der Waals surface area contributed by atoms with Gasteiger partial charge in [0.15, 0.2) is 0 Å². The van der Waals surface area contributed by atoms with Gasteiger partial charge >= 0.3 is 11.9 Å². The second-order valence-electron chi connectivity index (χ2n) is 5.12. The fraction of sp³-hybridized carbons (Fsp3) is 0.692. The molecule has 0 saturated heterocycles. The van der Waals surface area contributed by atoms with Crippen LogP contribution in [0.2, 0.25) is 0 Å². The van der Waals surface area contributed by atoms with Gasteiger partial charge in [0.1, 0.15) is 0 Å². The average molecular weight is 254 g/mol. The van der Waals surface area contributed by atoms with E-state index < -0.39 is 11.5 Å². The Morgan fingerprint density at radius 3 is 2.61 bits per heavy atom. The van der Waals surface area contributed by atoms with Crippen molar-refractivity contribution < 1.29 is 24.2 Å². The van der Waals surface area contributed by atoms with Crippen molar-refractivity contribution in [1.29, 1.82) is 0 Å². The topological polar surface area (TPSA) is 72.8 Å². The lowest BCUT2D eigenvalue weighted by molar-refractivity contribution is -0.160. The number of rotatable bonds is 2. The molecule has 2 rings (SSSR count). The number of methoxy groups -OCH3 is 2. The smallest absolute Gasteiger partial charge is 0.315 e. The number of esters is 2. The van der Waals surface area contributed by atoms with Crippen LogP contribution in [0.15, 0.2) is 12.2 Å². The van der Waals surface area contributed by atoms with Crippen molar-refractivity contribution in [3.8, 4) is 0 Å². The summed E-state index contributed by atoms with van der Waals surface area (Å²) in [5.41, 5.74) is -0.782. The molecule has 0 aromatic rings. The molecule has 5 nitrogen and oxygen atoms in total. The third-order valence-electron chi connectivity index (χ3n) is 4.05. The third kappa shape index (κ3) is 2.03. The van der Waals surface area contributed by atoms with Gasteiger partial charge in [0, 0.05) is 0 Å². The highest BCUT2D eigenvalue weighted by Gasteiger charge is 2.50. The van der Waals surface area contributed by atoms with Gasteiger partial charge in [-0.05, 0) is 25.2 Å². The van der Waals surface area contributed by atoms with Crippen molar-refractivity contribution >= 4 is 11.9 Å². The van der Waals surface area contributed by atoms with Crippen molar-refractivity contribution in [3.05, 3.63) is 12.2 Å². The summed E-state index contributed by atoms with van der Waals surface area (Å²) < 4.78 is 9.59. The summed E-state index contributed by atoms with van der Waals surface area (Å²) >= 11 is 0. The maximum atomic E-state index is 12.0. The van der Waals surface area contributed by atoms with Gasteiger partial charge in [-0.15, -0.1) is 0 Å². The van der Waals surface area contributed by atoms with E-state index in [1.165, 1.54) is 14.2 Å². The average Bonchev–Trinajstić information content (AvgIpc) is 2.41. The molecule has 2 aliphatic carbocycles. The van der Waals surface area contributed by atoms with Gasteiger partial charge in [0.25, 0.3) is 0 Å². The van der Waals surface area contributed by atoms with E-state index in [2.05, 4.69) is 0 Å². The molecule has 0 aromatic heterocycles. The number of hydrogen-bond donors (Lipinski definition) is 1. The molecule has 0 radical (unpaired) electrons. The zero-order valence-corrected chi connectivity index (χ0v) is 10.6. The van der Waals surface area contributed by atoms with Crippen molar-refractivity contribution in [2.45, 2.75) is 25.4 Å². The summed E-state index contributed by atoms with van der Waals surface area (Å²) in [4.78, 5) is 23.6. The monoisotopic (exact) mass is 254 g/mol. The fourth-order valence-electron chi connectivity index (χ4n) is 3.14. The highest BCUT2D eigenvalue weighted by Crippen LogP contribution is 2.48. The van der Waals surface area contributed by atoms with E-state index in [0.717, 1.165) is 0 Å². The minimum absolute atomic E-state index is 0.0908. The number of hydrogen-bond acceptors (Lipinski definition) is 5. The van der Waals surface area contributed by atoms with Crippen molar-refractivity contribution in [2.24, 2.45) is 17.3 Å². The first-order valence-electron chi connectivity index (χ1n) is 6.06. The molecule has 2 bridgehead atoms. The lowest BCUT2D eigenvalue weighted by Crippen LogP contribution is -2.46. The molecular weight excluding hydrogens is 236 g/mol. The summed E-state index contributed by atoms with van der Waals surface area (Å²) in [5, 5.41) is 9.87. The Labute approximate surface area is 106 Å². The minimum Gasteiger partial charge on any atom is -0.469 e. The van der Waals surface area contributed by atoms with Crippen molar-refractivity contribution in [1.82, 2.24) is 0 Å². The number of aliphatic hydroxyl groups is 1. The van der Waals surface area contributed by atoms with Crippen molar-refractivity contribution in [3.63, 3.8) is 0 Å². The van der Waals surface area contributed by atoms with Gasteiger partial charge < -0.3 is 14.6 Å². The Morgan fingerprint density at radius 2 is 2.00 bits per heavy atom. The summed E-state index contributed by atoms with van der Waals surface area (Å²) in [6, 6.07) is 0. The van der Waals surface area contributed by atoms with Crippen LogP contribution >= 0.6 is 0 Å². The standard InChI is InChI=1S/C13H18O5/c1-17-11(15)9-5-8-6-13(7-9,12(16)18-2)4-3-10(8)14/h3-4,8-10,14H,5-7H2,1-2H3/t8-,9+,10-,13+/m1/s1. The normalized spacial score (nSPS) is 38.1. The SMILES string of the molecule is COC(=O)[C@H]1C[C@@H]2C[C@@](C(=O)OC)(C=C[C@H]2O)C1. The second kappa shape index (κ2) is 4.72. The summed E-state index contributed by atoms with van der Waals surface area (Å²) in [6.07, 6.45) is 4.21. The van der Waals surface area contributed by atoms with Crippen LogP contribution in [-0.4, -0.2) is 37.4 Å². The predicted molar refractivity (Wildman–Crippen MR) is 62.4 cm³/mol. The Balaban J connectivity index is 2.30. The molecule has 0 unspecified atom stereocenters. The lowest BCUT2D eigenvalue weighted by Gasteiger charge is -2.43. The van der Waals surface area contributed by atoms with Gasteiger partial charge in [0.2, 0.25) is 0 Å². The zero-order chi connectivity index (χ0) is 13.3. The van der Waals surface area contributed by atoms with E-state index in [1.54, 1.807) is 12.2 Å². The first kappa shape index (κ1) is 13.1. The second-order valence-corrected chi connectivity index (χ2v) is 5.12. The van der Waals surface area contributed by atoms with Crippen LogP contribution in [0.3, 0.4) is 0 Å². The van der Waals surface area contributed by atoms with Crippen molar-refractivity contribution in [2.75, 3.05) is 14.2 Å². The van der Waals surface area contributed by atoms with Crippen LogP contribution in [0.1, 0.15) is 19.3 Å². The van der Waals surface area contributed by atoms with Crippen LogP contribution < -0.4 is 0 Å². The number of carbonyl (C=O) groups excluding carboxylic acids is 2. The molecule has 4 atom stereocenters. The third-order valence-corrected chi connectivity index (χ3v) is 4.05. The molecule has 0 heterocycles. The van der Waals surface area contributed by atoms with E-state index >= 15 is 0 Å². The molecule has 1 saturated carbocycles. The first-order valence-corrected chi connectivity index (χ1v) is 6.06. The molecule has 0 spiro atoms. The largest absolute Gasteiger partial charge is 0.469 e. The summed E-state index contributed by atoms with van der Waals surface area (Å²) in [5.74, 6) is -1.11. The van der Waals surface area contributed by atoms with Gasteiger partial charge in [-0.1, -0.05) is 12.2 Å². The molecule has 5 heteroatoms. The molecule has 1 fully saturated rings. The Hall–Kier alpha value is -1.36. The van der Waals surface area contributed by atoms with E-state index in [4.69, 9.17) is 9.47 Å². The Bertz CT molecular complexity index is 389. The van der Waals surface area contributed by atoms with Crippen LogP contribution in [-0.2, 0) is 19.1 Å². The number of carbonyl (C=O) groups is 2. The molecular formula is C13H18O5. The van der Waals surface area contributed by atoms with E-state index in [9.17, 15) is 14.7 Å². The summed E-state index contributed by atoms with van der Waals surface area (Å²) in [7, 11) is 2.68. The van der Waals surface area contributed by atoms with Crippen LogP contribution in [0.4, 0.5) is 0 Å².